The van der Waals surface area contributed by atoms with Crippen LogP contribution in [0.3, 0.4) is 0 Å². The van der Waals surface area contributed by atoms with Gasteiger partial charge in [0, 0.05) is 5.92 Å². The highest BCUT2D eigenvalue weighted by Gasteiger charge is 2.61. The molecule has 0 aliphatic carbocycles. The largest absolute Gasteiger partial charge is 0.376 e. The second-order valence-electron chi connectivity index (χ2n) is 11.0. The van der Waals surface area contributed by atoms with Crippen molar-refractivity contribution in [2.24, 2.45) is 5.92 Å². The van der Waals surface area contributed by atoms with Crippen LogP contribution in [0.2, 0.25) is 0 Å². The summed E-state index contributed by atoms with van der Waals surface area (Å²) in [6, 6.07) is 0. The molecule has 3 heterocycles. The molecule has 8 atom stereocenters. The molecule has 0 aromatic rings. The van der Waals surface area contributed by atoms with Gasteiger partial charge in [-0.15, -0.1) is 0 Å². The summed E-state index contributed by atoms with van der Waals surface area (Å²) in [6.45, 7) is 21.7. The molecule has 3 fully saturated rings. The van der Waals surface area contributed by atoms with Crippen molar-refractivity contribution in [3.63, 3.8) is 0 Å². The third kappa shape index (κ3) is 8.08. The molecular formula is C26H49FO7. The van der Waals surface area contributed by atoms with E-state index in [1.165, 1.54) is 0 Å². The van der Waals surface area contributed by atoms with Crippen LogP contribution < -0.4 is 0 Å². The zero-order valence-corrected chi connectivity index (χ0v) is 22.9. The predicted octanol–water partition coefficient (Wildman–Crippen LogP) is 4.34. The molecule has 0 amide bonds. The summed E-state index contributed by atoms with van der Waals surface area (Å²) in [5.41, 5.74) is -0.404. The molecule has 34 heavy (non-hydrogen) atoms. The second-order valence-corrected chi connectivity index (χ2v) is 11.0. The van der Waals surface area contributed by atoms with Crippen molar-refractivity contribution in [1.29, 1.82) is 0 Å². The molecule has 3 saturated heterocycles. The Morgan fingerprint density at radius 2 is 1.47 bits per heavy atom. The van der Waals surface area contributed by atoms with Crippen LogP contribution in [0.15, 0.2) is 0 Å². The van der Waals surface area contributed by atoms with E-state index in [0.717, 1.165) is 0 Å². The van der Waals surface area contributed by atoms with Crippen LogP contribution in [-0.2, 0) is 33.2 Å². The number of ether oxygens (including phenoxy) is 7. The van der Waals surface area contributed by atoms with Crippen LogP contribution >= 0.6 is 0 Å². The lowest BCUT2D eigenvalue weighted by Crippen LogP contribution is -2.51. The fraction of sp³-hybridized carbons (Fsp3) is 1.00. The maximum Gasteiger partial charge on any atom is 0.144 e. The summed E-state index contributed by atoms with van der Waals surface area (Å²) >= 11 is 0. The lowest BCUT2D eigenvalue weighted by atomic mass is 9.95. The lowest BCUT2D eigenvalue weighted by molar-refractivity contribution is -0.191. The molecule has 0 N–H and O–H groups in total. The first kappa shape index (κ1) is 29.9. The number of halogens is 1. The highest BCUT2D eigenvalue weighted by molar-refractivity contribution is 5.08. The minimum Gasteiger partial charge on any atom is -0.376 e. The van der Waals surface area contributed by atoms with Crippen molar-refractivity contribution < 1.29 is 37.5 Å². The van der Waals surface area contributed by atoms with Crippen molar-refractivity contribution in [3.05, 3.63) is 0 Å². The fourth-order valence-corrected chi connectivity index (χ4v) is 4.48. The summed E-state index contributed by atoms with van der Waals surface area (Å²) in [5.74, 6) is -0.117. The summed E-state index contributed by atoms with van der Waals surface area (Å²) in [7, 11) is 0. The van der Waals surface area contributed by atoms with E-state index in [2.05, 4.69) is 0 Å². The molecule has 0 spiro atoms. The van der Waals surface area contributed by atoms with Gasteiger partial charge in [0.05, 0.1) is 56.9 Å². The van der Waals surface area contributed by atoms with Gasteiger partial charge in [0.25, 0.3) is 0 Å². The van der Waals surface area contributed by atoms with E-state index in [1.54, 1.807) is 0 Å². The van der Waals surface area contributed by atoms with Gasteiger partial charge in [0.1, 0.15) is 36.2 Å². The van der Waals surface area contributed by atoms with E-state index in [0.29, 0.717) is 26.4 Å². The van der Waals surface area contributed by atoms with Gasteiger partial charge < -0.3 is 33.2 Å². The Bertz CT molecular complexity index is 587. The average molecular weight is 493 g/mol. The summed E-state index contributed by atoms with van der Waals surface area (Å²) in [5, 5.41) is 0. The van der Waals surface area contributed by atoms with Crippen LogP contribution in [-0.4, -0.2) is 93.1 Å². The molecule has 3 aliphatic heterocycles. The van der Waals surface area contributed by atoms with Crippen LogP contribution in [0.1, 0.15) is 69.2 Å². The fourth-order valence-electron chi connectivity index (χ4n) is 4.48. The van der Waals surface area contributed by atoms with Gasteiger partial charge in [0.2, 0.25) is 0 Å². The van der Waals surface area contributed by atoms with Crippen molar-refractivity contribution in [2.45, 2.75) is 136 Å². The maximum absolute atomic E-state index is 14.1. The molecule has 8 heteroatoms. The van der Waals surface area contributed by atoms with Crippen molar-refractivity contribution in [1.82, 2.24) is 0 Å². The Morgan fingerprint density at radius 3 is 2.00 bits per heavy atom. The average Bonchev–Trinajstić information content (AvgIpc) is 3.19. The molecule has 2 bridgehead atoms. The van der Waals surface area contributed by atoms with Crippen LogP contribution in [0.25, 0.3) is 0 Å². The first-order valence-corrected chi connectivity index (χ1v) is 13.0. The summed E-state index contributed by atoms with van der Waals surface area (Å²) in [6.07, 6.45) is -1.17. The van der Waals surface area contributed by atoms with E-state index in [9.17, 15) is 4.39 Å². The number of fused-ring (bicyclic) bond motifs is 2. The van der Waals surface area contributed by atoms with Crippen molar-refractivity contribution in [3.8, 4) is 0 Å². The second kappa shape index (κ2) is 13.3. The molecule has 3 rings (SSSR count). The van der Waals surface area contributed by atoms with Crippen LogP contribution in [0.4, 0.5) is 4.39 Å². The normalized spacial score (nSPS) is 37.7. The van der Waals surface area contributed by atoms with Crippen LogP contribution in [0.5, 0.6) is 0 Å². The SMILES string of the molecule is CC(C)OC[C@@]12CO[C@@H]([C@H](C)O1)[C@@H]2OC(C)C.CC(C)OC[C@H]1OC[C@@H](C)[C@H](F)[C@@H]1OC(C)C. The Balaban J connectivity index is 0.000000240. The predicted molar refractivity (Wildman–Crippen MR) is 129 cm³/mol. The third-order valence-corrected chi connectivity index (χ3v) is 6.12. The van der Waals surface area contributed by atoms with Gasteiger partial charge in [-0.1, -0.05) is 6.92 Å². The Labute approximate surface area is 206 Å². The number of hydrogen-bond acceptors (Lipinski definition) is 7. The monoisotopic (exact) mass is 492 g/mol. The standard InChI is InChI=1S/C13H25FO3.C13H24O4/c1-8(2)15-7-11-13(17-9(3)4)12(14)10(5)6-16-11;1-8(2)14-6-13-7-15-11(10(5)17-13)12(13)16-9(3)4/h8-13H,6-7H2,1-5H3;8-12H,6-7H2,1-5H3/t10-,11-,12+,13-;10-,11-,12-,13-/m10/s1. The van der Waals surface area contributed by atoms with Gasteiger partial charge in [-0.25, -0.2) is 4.39 Å². The third-order valence-electron chi connectivity index (χ3n) is 6.12. The van der Waals surface area contributed by atoms with Gasteiger partial charge in [-0.2, -0.15) is 0 Å². The van der Waals surface area contributed by atoms with Crippen LogP contribution in [0, 0.1) is 5.92 Å². The number of hydrogen-bond donors (Lipinski definition) is 0. The molecule has 0 saturated carbocycles. The van der Waals surface area contributed by atoms with E-state index < -0.39 is 17.9 Å². The maximum atomic E-state index is 14.1. The molecular weight excluding hydrogens is 443 g/mol. The minimum absolute atomic E-state index is 0.00347. The molecule has 0 radical (unpaired) electrons. The molecule has 0 aromatic heterocycles. The lowest BCUT2D eigenvalue weighted by Gasteiger charge is -2.38. The minimum atomic E-state index is -0.980. The molecule has 202 valence electrons. The number of alkyl halides is 1. The molecule has 7 nitrogen and oxygen atoms in total. The Kier molecular flexibility index (Phi) is 11.7. The molecule has 0 unspecified atom stereocenters. The first-order chi connectivity index (χ1) is 15.9. The quantitative estimate of drug-likeness (QED) is 0.449. The van der Waals surface area contributed by atoms with E-state index in [4.69, 9.17) is 33.2 Å². The van der Waals surface area contributed by atoms with E-state index >= 15 is 0 Å². The Morgan fingerprint density at radius 1 is 0.853 bits per heavy atom. The highest BCUT2D eigenvalue weighted by atomic mass is 19.1. The highest BCUT2D eigenvalue weighted by Crippen LogP contribution is 2.42. The topological polar surface area (TPSA) is 64.6 Å². The molecule has 0 aromatic carbocycles. The zero-order valence-electron chi connectivity index (χ0n) is 22.9. The smallest absolute Gasteiger partial charge is 0.144 e. The molecule has 3 aliphatic rings. The van der Waals surface area contributed by atoms with Gasteiger partial charge >= 0.3 is 0 Å². The first-order valence-electron chi connectivity index (χ1n) is 13.0. The van der Waals surface area contributed by atoms with Gasteiger partial charge in [0.15, 0.2) is 0 Å². The van der Waals surface area contributed by atoms with Crippen molar-refractivity contribution >= 4 is 0 Å². The van der Waals surface area contributed by atoms with E-state index in [-0.39, 0.29) is 54.7 Å². The summed E-state index contributed by atoms with van der Waals surface area (Å²) in [4.78, 5) is 0. The van der Waals surface area contributed by atoms with E-state index in [1.807, 2.05) is 69.2 Å². The summed E-state index contributed by atoms with van der Waals surface area (Å²) < 4.78 is 54.4. The Hall–Kier alpha value is -0.350. The van der Waals surface area contributed by atoms with Gasteiger partial charge in [-0.05, 0) is 62.3 Å². The van der Waals surface area contributed by atoms with Crippen molar-refractivity contribution in [2.75, 3.05) is 26.4 Å². The van der Waals surface area contributed by atoms with Gasteiger partial charge in [-0.3, -0.25) is 0 Å². The number of rotatable bonds is 10. The zero-order chi connectivity index (χ0) is 25.6.